The van der Waals surface area contributed by atoms with E-state index in [1.165, 1.54) is 4.90 Å². The van der Waals surface area contributed by atoms with Crippen molar-refractivity contribution in [1.82, 2.24) is 15.5 Å². The Morgan fingerprint density at radius 3 is 2.85 bits per heavy atom. The molecule has 0 bridgehead atoms. The zero-order valence-electron chi connectivity index (χ0n) is 7.38. The van der Waals surface area contributed by atoms with Crippen LogP contribution in [0.15, 0.2) is 0 Å². The van der Waals surface area contributed by atoms with Gasteiger partial charge in [0.1, 0.15) is 0 Å². The lowest BCUT2D eigenvalue weighted by Crippen LogP contribution is -2.36. The predicted molar refractivity (Wildman–Crippen MR) is 46.1 cm³/mol. The number of amides is 3. The lowest BCUT2D eigenvalue weighted by atomic mass is 10.1. The van der Waals surface area contributed by atoms with Gasteiger partial charge in [-0.05, 0) is 25.4 Å². The molecule has 2 saturated heterocycles. The fourth-order valence-electron chi connectivity index (χ4n) is 1.77. The number of hydrogen-bond acceptors (Lipinski definition) is 3. The maximum atomic E-state index is 11.2. The quantitative estimate of drug-likeness (QED) is 0.548. The topological polar surface area (TPSA) is 61.4 Å². The molecule has 2 fully saturated rings. The molecule has 0 saturated carbocycles. The summed E-state index contributed by atoms with van der Waals surface area (Å²) in [6.07, 6.45) is 1.05. The van der Waals surface area contributed by atoms with E-state index < -0.39 is 0 Å². The molecule has 0 radical (unpaired) electrons. The molecule has 2 aliphatic heterocycles. The Kier molecular flexibility index (Phi) is 2.18. The number of imide groups is 1. The third-order valence-corrected chi connectivity index (χ3v) is 2.54. The molecule has 5 nitrogen and oxygen atoms in total. The van der Waals surface area contributed by atoms with Gasteiger partial charge in [0.25, 0.3) is 0 Å². The first-order chi connectivity index (χ1) is 6.27. The molecule has 0 aliphatic carbocycles. The first-order valence-electron chi connectivity index (χ1n) is 4.56. The molecule has 0 aromatic carbocycles. The predicted octanol–water partition coefficient (Wildman–Crippen LogP) is -0.852. The highest BCUT2D eigenvalue weighted by Gasteiger charge is 2.31. The minimum atomic E-state index is -0.239. The van der Waals surface area contributed by atoms with Gasteiger partial charge in [-0.3, -0.25) is 9.69 Å². The number of urea groups is 1. The fourth-order valence-corrected chi connectivity index (χ4v) is 1.77. The highest BCUT2D eigenvalue weighted by atomic mass is 16.2. The Hall–Kier alpha value is -1.10. The molecule has 2 aliphatic rings. The summed E-state index contributed by atoms with van der Waals surface area (Å²) in [7, 11) is 0. The molecular weight excluding hydrogens is 170 g/mol. The van der Waals surface area contributed by atoms with E-state index in [4.69, 9.17) is 0 Å². The minimum absolute atomic E-state index is 0.100. The summed E-state index contributed by atoms with van der Waals surface area (Å²) in [5, 5.41) is 5.72. The van der Waals surface area contributed by atoms with Crippen molar-refractivity contribution in [3.8, 4) is 0 Å². The monoisotopic (exact) mass is 183 g/mol. The molecular formula is C8H13N3O2. The van der Waals surface area contributed by atoms with Gasteiger partial charge in [0.2, 0.25) is 5.91 Å². The van der Waals surface area contributed by atoms with E-state index in [2.05, 4.69) is 10.6 Å². The number of carbonyl (C=O) groups is 2. The van der Waals surface area contributed by atoms with Gasteiger partial charge in [-0.1, -0.05) is 0 Å². The first-order valence-corrected chi connectivity index (χ1v) is 4.56. The van der Waals surface area contributed by atoms with Crippen molar-refractivity contribution < 1.29 is 9.59 Å². The maximum absolute atomic E-state index is 11.2. The van der Waals surface area contributed by atoms with E-state index in [0.29, 0.717) is 12.5 Å². The number of rotatable bonds is 2. The van der Waals surface area contributed by atoms with E-state index in [-0.39, 0.29) is 18.5 Å². The molecule has 2 N–H and O–H groups in total. The van der Waals surface area contributed by atoms with Crippen molar-refractivity contribution in [3.63, 3.8) is 0 Å². The summed E-state index contributed by atoms with van der Waals surface area (Å²) in [5.74, 6) is 0.338. The Balaban J connectivity index is 1.92. The zero-order valence-corrected chi connectivity index (χ0v) is 7.38. The average Bonchev–Trinajstić information content (AvgIpc) is 2.70. The van der Waals surface area contributed by atoms with Crippen LogP contribution in [0, 0.1) is 5.92 Å². The molecule has 1 atom stereocenters. The van der Waals surface area contributed by atoms with Gasteiger partial charge in [0.05, 0.1) is 6.54 Å². The second-order valence-electron chi connectivity index (χ2n) is 3.52. The molecule has 0 spiro atoms. The summed E-state index contributed by atoms with van der Waals surface area (Å²) >= 11 is 0. The van der Waals surface area contributed by atoms with Crippen LogP contribution in [-0.4, -0.2) is 43.0 Å². The van der Waals surface area contributed by atoms with Gasteiger partial charge in [-0.25, -0.2) is 4.79 Å². The van der Waals surface area contributed by atoms with Crippen molar-refractivity contribution in [2.75, 3.05) is 26.2 Å². The van der Waals surface area contributed by atoms with E-state index in [0.717, 1.165) is 19.5 Å². The van der Waals surface area contributed by atoms with Crippen LogP contribution in [-0.2, 0) is 4.79 Å². The lowest BCUT2D eigenvalue weighted by Gasteiger charge is -2.16. The molecule has 13 heavy (non-hydrogen) atoms. The largest absolute Gasteiger partial charge is 0.329 e. The lowest BCUT2D eigenvalue weighted by molar-refractivity contribution is -0.125. The van der Waals surface area contributed by atoms with Crippen LogP contribution in [0.1, 0.15) is 6.42 Å². The second-order valence-corrected chi connectivity index (χ2v) is 3.52. The Labute approximate surface area is 76.5 Å². The Bertz CT molecular complexity index is 220. The van der Waals surface area contributed by atoms with Gasteiger partial charge >= 0.3 is 6.03 Å². The average molecular weight is 183 g/mol. The van der Waals surface area contributed by atoms with Crippen LogP contribution in [0.3, 0.4) is 0 Å². The summed E-state index contributed by atoms with van der Waals surface area (Å²) < 4.78 is 0. The first kappa shape index (κ1) is 8.50. The Morgan fingerprint density at radius 1 is 1.46 bits per heavy atom. The molecule has 72 valence electrons. The van der Waals surface area contributed by atoms with Crippen molar-refractivity contribution >= 4 is 11.9 Å². The molecule has 0 aromatic rings. The number of nitrogens with zero attached hydrogens (tertiary/aromatic N) is 1. The molecule has 2 heterocycles. The van der Waals surface area contributed by atoms with E-state index in [1.54, 1.807) is 0 Å². The van der Waals surface area contributed by atoms with Crippen LogP contribution >= 0.6 is 0 Å². The van der Waals surface area contributed by atoms with Crippen molar-refractivity contribution in [1.29, 1.82) is 0 Å². The number of nitrogens with one attached hydrogen (secondary N) is 2. The highest BCUT2D eigenvalue weighted by Crippen LogP contribution is 2.11. The van der Waals surface area contributed by atoms with Crippen LogP contribution in [0.2, 0.25) is 0 Å². The van der Waals surface area contributed by atoms with Crippen LogP contribution in [0.25, 0.3) is 0 Å². The van der Waals surface area contributed by atoms with Crippen molar-refractivity contribution in [2.45, 2.75) is 6.42 Å². The third-order valence-electron chi connectivity index (χ3n) is 2.54. The molecule has 3 amide bonds. The van der Waals surface area contributed by atoms with Crippen molar-refractivity contribution in [2.24, 2.45) is 5.92 Å². The summed E-state index contributed by atoms with van der Waals surface area (Å²) in [6.45, 7) is 2.64. The van der Waals surface area contributed by atoms with Crippen molar-refractivity contribution in [3.05, 3.63) is 0 Å². The highest BCUT2D eigenvalue weighted by molar-refractivity contribution is 6.01. The minimum Gasteiger partial charge on any atom is -0.329 e. The van der Waals surface area contributed by atoms with Gasteiger partial charge < -0.3 is 10.6 Å². The summed E-state index contributed by atoms with van der Waals surface area (Å²) in [4.78, 5) is 23.7. The maximum Gasteiger partial charge on any atom is 0.324 e. The second kappa shape index (κ2) is 3.33. The van der Waals surface area contributed by atoms with Gasteiger partial charge in [-0.2, -0.15) is 0 Å². The smallest absolute Gasteiger partial charge is 0.324 e. The standard InChI is InChI=1S/C8H13N3O2/c12-7-4-10-8(13)11(7)5-6-1-2-9-3-6/h6,9H,1-5H2,(H,10,13)/t6-/m0/s1. The third kappa shape index (κ3) is 1.65. The zero-order chi connectivity index (χ0) is 9.26. The number of carbonyl (C=O) groups excluding carboxylic acids is 2. The Morgan fingerprint density at radius 2 is 2.31 bits per heavy atom. The summed E-state index contributed by atoms with van der Waals surface area (Å²) in [6, 6.07) is -0.239. The van der Waals surface area contributed by atoms with E-state index in [9.17, 15) is 9.59 Å². The van der Waals surface area contributed by atoms with Crippen LogP contribution in [0.4, 0.5) is 4.79 Å². The van der Waals surface area contributed by atoms with Crippen LogP contribution in [0.5, 0.6) is 0 Å². The van der Waals surface area contributed by atoms with Gasteiger partial charge in [0, 0.05) is 6.54 Å². The van der Waals surface area contributed by atoms with Gasteiger partial charge in [-0.15, -0.1) is 0 Å². The molecule has 0 unspecified atom stereocenters. The van der Waals surface area contributed by atoms with E-state index in [1.807, 2.05) is 0 Å². The normalized spacial score (nSPS) is 28.3. The summed E-state index contributed by atoms with van der Waals surface area (Å²) in [5.41, 5.74) is 0. The molecule has 0 aromatic heterocycles. The fraction of sp³-hybridized carbons (Fsp3) is 0.750. The molecule has 2 rings (SSSR count). The SMILES string of the molecule is O=C1CNC(=O)N1C[C@H]1CCNC1. The van der Waals surface area contributed by atoms with E-state index >= 15 is 0 Å². The van der Waals surface area contributed by atoms with Crippen LogP contribution < -0.4 is 10.6 Å². The van der Waals surface area contributed by atoms with Gasteiger partial charge in [0.15, 0.2) is 0 Å². The number of hydrogen-bond donors (Lipinski definition) is 2. The molecule has 5 heteroatoms.